The third-order valence-electron chi connectivity index (χ3n) is 3.77. The van der Waals surface area contributed by atoms with Crippen LogP contribution in [0.4, 0.5) is 5.95 Å². The average Bonchev–Trinajstić information content (AvgIpc) is 3.01. The summed E-state index contributed by atoms with van der Waals surface area (Å²) in [6.07, 6.45) is 0. The summed E-state index contributed by atoms with van der Waals surface area (Å²) >= 11 is 0. The van der Waals surface area contributed by atoms with Gasteiger partial charge in [-0.2, -0.15) is 4.98 Å². The number of rotatable bonds is 4. The van der Waals surface area contributed by atoms with E-state index in [4.69, 9.17) is 10.5 Å². The summed E-state index contributed by atoms with van der Waals surface area (Å²) in [7, 11) is 0. The molecule has 24 heavy (non-hydrogen) atoms. The maximum absolute atomic E-state index is 5.77. The van der Waals surface area contributed by atoms with Gasteiger partial charge in [0.2, 0.25) is 5.95 Å². The SMILES string of the molecule is Nc1nc2cccc(-c3ccc(COc4ccccc4)cc3)n2n1. The Kier molecular flexibility index (Phi) is 3.59. The number of ether oxygens (including phenoxy) is 1. The van der Waals surface area contributed by atoms with Crippen LogP contribution in [0.5, 0.6) is 5.75 Å². The fourth-order valence-corrected chi connectivity index (χ4v) is 2.60. The van der Waals surface area contributed by atoms with Crippen molar-refractivity contribution in [3.8, 4) is 17.0 Å². The zero-order chi connectivity index (χ0) is 16.4. The quantitative estimate of drug-likeness (QED) is 0.625. The minimum Gasteiger partial charge on any atom is -0.489 e. The smallest absolute Gasteiger partial charge is 0.240 e. The maximum Gasteiger partial charge on any atom is 0.240 e. The molecule has 118 valence electrons. The van der Waals surface area contributed by atoms with E-state index in [-0.39, 0.29) is 5.95 Å². The van der Waals surface area contributed by atoms with Crippen LogP contribution in [0, 0.1) is 0 Å². The molecule has 2 aromatic carbocycles. The summed E-state index contributed by atoms with van der Waals surface area (Å²) in [5.74, 6) is 1.14. The lowest BCUT2D eigenvalue weighted by Gasteiger charge is -2.08. The average molecular weight is 316 g/mol. The molecule has 0 aliphatic rings. The van der Waals surface area contributed by atoms with Crippen LogP contribution in [0.25, 0.3) is 16.9 Å². The first-order valence-corrected chi connectivity index (χ1v) is 7.68. The fourth-order valence-electron chi connectivity index (χ4n) is 2.60. The molecule has 2 heterocycles. The van der Waals surface area contributed by atoms with Crippen molar-refractivity contribution in [1.82, 2.24) is 14.6 Å². The highest BCUT2D eigenvalue weighted by Crippen LogP contribution is 2.21. The van der Waals surface area contributed by atoms with Gasteiger partial charge < -0.3 is 10.5 Å². The van der Waals surface area contributed by atoms with Gasteiger partial charge in [-0.15, -0.1) is 5.10 Å². The largest absolute Gasteiger partial charge is 0.489 e. The zero-order valence-electron chi connectivity index (χ0n) is 13.0. The molecule has 5 heteroatoms. The van der Waals surface area contributed by atoms with E-state index in [1.807, 2.05) is 48.5 Å². The summed E-state index contributed by atoms with van der Waals surface area (Å²) in [6, 6.07) is 23.8. The van der Waals surface area contributed by atoms with Crippen LogP contribution in [0.3, 0.4) is 0 Å². The van der Waals surface area contributed by atoms with Gasteiger partial charge in [-0.3, -0.25) is 0 Å². The zero-order valence-corrected chi connectivity index (χ0v) is 13.0. The second-order valence-electron chi connectivity index (χ2n) is 5.45. The Bertz CT molecular complexity index is 962. The summed E-state index contributed by atoms with van der Waals surface area (Å²) in [5, 5.41) is 4.25. The molecule has 0 radical (unpaired) electrons. The van der Waals surface area contributed by atoms with E-state index in [0.29, 0.717) is 6.61 Å². The summed E-state index contributed by atoms with van der Waals surface area (Å²) in [6.45, 7) is 0.533. The third kappa shape index (κ3) is 2.79. The van der Waals surface area contributed by atoms with Crippen molar-refractivity contribution in [1.29, 1.82) is 0 Å². The van der Waals surface area contributed by atoms with Gasteiger partial charge in [0.25, 0.3) is 0 Å². The van der Waals surface area contributed by atoms with Crippen molar-refractivity contribution in [2.24, 2.45) is 0 Å². The Morgan fingerprint density at radius 1 is 0.875 bits per heavy atom. The van der Waals surface area contributed by atoms with Crippen molar-refractivity contribution in [3.63, 3.8) is 0 Å². The number of hydrogen-bond acceptors (Lipinski definition) is 4. The molecule has 0 spiro atoms. The van der Waals surface area contributed by atoms with Crippen molar-refractivity contribution < 1.29 is 4.74 Å². The van der Waals surface area contributed by atoms with Crippen LogP contribution < -0.4 is 10.5 Å². The molecular formula is C19H16N4O. The first-order chi connectivity index (χ1) is 11.8. The van der Waals surface area contributed by atoms with Gasteiger partial charge in [-0.05, 0) is 29.8 Å². The van der Waals surface area contributed by atoms with E-state index in [0.717, 1.165) is 28.2 Å². The van der Waals surface area contributed by atoms with E-state index >= 15 is 0 Å². The molecule has 0 unspecified atom stereocenters. The molecule has 0 saturated carbocycles. The monoisotopic (exact) mass is 316 g/mol. The number of nitrogen functional groups attached to an aromatic ring is 1. The van der Waals surface area contributed by atoms with Crippen molar-refractivity contribution in [3.05, 3.63) is 78.4 Å². The molecule has 0 atom stereocenters. The van der Waals surface area contributed by atoms with E-state index < -0.39 is 0 Å². The first kappa shape index (κ1) is 14.3. The number of fused-ring (bicyclic) bond motifs is 1. The molecular weight excluding hydrogens is 300 g/mol. The van der Waals surface area contributed by atoms with Crippen LogP contribution in [0.1, 0.15) is 5.56 Å². The van der Waals surface area contributed by atoms with Gasteiger partial charge in [0, 0.05) is 5.56 Å². The predicted octanol–water partition coefficient (Wildman–Crippen LogP) is 3.56. The number of nitrogens with two attached hydrogens (primary N) is 1. The minimum atomic E-state index is 0.273. The Morgan fingerprint density at radius 2 is 1.67 bits per heavy atom. The molecule has 2 aromatic heterocycles. The lowest BCUT2D eigenvalue weighted by Crippen LogP contribution is -1.97. The highest BCUT2D eigenvalue weighted by Gasteiger charge is 2.07. The number of benzene rings is 2. The van der Waals surface area contributed by atoms with Crippen LogP contribution in [0.2, 0.25) is 0 Å². The third-order valence-corrected chi connectivity index (χ3v) is 3.77. The Hall–Kier alpha value is -3.34. The summed E-state index contributed by atoms with van der Waals surface area (Å²) in [4.78, 5) is 4.19. The second kappa shape index (κ2) is 6.04. The van der Waals surface area contributed by atoms with E-state index in [9.17, 15) is 0 Å². The molecule has 0 amide bonds. The Morgan fingerprint density at radius 3 is 2.46 bits per heavy atom. The van der Waals surface area contributed by atoms with Gasteiger partial charge in [0.05, 0.1) is 5.69 Å². The van der Waals surface area contributed by atoms with E-state index in [1.54, 1.807) is 4.52 Å². The molecule has 0 saturated heterocycles. The first-order valence-electron chi connectivity index (χ1n) is 7.68. The van der Waals surface area contributed by atoms with E-state index in [1.165, 1.54) is 0 Å². The summed E-state index contributed by atoms with van der Waals surface area (Å²) in [5.41, 5.74) is 9.54. The fraction of sp³-hybridized carbons (Fsp3) is 0.0526. The molecule has 2 N–H and O–H groups in total. The molecule has 0 aliphatic heterocycles. The lowest BCUT2D eigenvalue weighted by molar-refractivity contribution is 0.306. The van der Waals surface area contributed by atoms with Crippen LogP contribution in [0.15, 0.2) is 72.8 Å². The van der Waals surface area contributed by atoms with Gasteiger partial charge in [-0.25, -0.2) is 4.52 Å². The lowest BCUT2D eigenvalue weighted by atomic mass is 10.1. The molecule has 5 nitrogen and oxygen atoms in total. The molecule has 4 rings (SSSR count). The number of hydrogen-bond donors (Lipinski definition) is 1. The van der Waals surface area contributed by atoms with Crippen LogP contribution in [-0.4, -0.2) is 14.6 Å². The normalized spacial score (nSPS) is 10.8. The minimum absolute atomic E-state index is 0.273. The Labute approximate surface area is 139 Å². The number of pyridine rings is 1. The highest BCUT2D eigenvalue weighted by molar-refractivity contribution is 5.63. The second-order valence-corrected chi connectivity index (χ2v) is 5.45. The van der Waals surface area contributed by atoms with Gasteiger partial charge in [-0.1, -0.05) is 48.5 Å². The molecule has 0 aliphatic carbocycles. The maximum atomic E-state index is 5.77. The van der Waals surface area contributed by atoms with E-state index in [2.05, 4.69) is 34.3 Å². The molecule has 0 bridgehead atoms. The van der Waals surface area contributed by atoms with Crippen molar-refractivity contribution in [2.45, 2.75) is 6.61 Å². The number of aromatic nitrogens is 3. The van der Waals surface area contributed by atoms with Crippen molar-refractivity contribution >= 4 is 11.6 Å². The number of anilines is 1. The number of para-hydroxylation sites is 1. The Balaban J connectivity index is 1.57. The molecule has 0 fully saturated rings. The standard InChI is InChI=1S/C19H16N4O/c20-19-21-18-8-4-7-17(23(18)22-19)15-11-9-14(10-12-15)13-24-16-5-2-1-3-6-16/h1-12H,13H2,(H2,20,22). The molecule has 4 aromatic rings. The van der Waals surface area contributed by atoms with Crippen molar-refractivity contribution in [2.75, 3.05) is 5.73 Å². The van der Waals surface area contributed by atoms with Crippen LogP contribution in [-0.2, 0) is 6.61 Å². The van der Waals surface area contributed by atoms with Gasteiger partial charge in [0.15, 0.2) is 5.65 Å². The van der Waals surface area contributed by atoms with Crippen LogP contribution >= 0.6 is 0 Å². The topological polar surface area (TPSA) is 65.4 Å². The van der Waals surface area contributed by atoms with Gasteiger partial charge in [0.1, 0.15) is 12.4 Å². The highest BCUT2D eigenvalue weighted by atomic mass is 16.5. The predicted molar refractivity (Wildman–Crippen MR) is 93.6 cm³/mol. The number of nitrogens with zero attached hydrogens (tertiary/aromatic N) is 3. The summed E-state index contributed by atoms with van der Waals surface area (Å²) < 4.78 is 7.52. The van der Waals surface area contributed by atoms with Gasteiger partial charge >= 0.3 is 0 Å².